The van der Waals surface area contributed by atoms with Gasteiger partial charge in [0.1, 0.15) is 5.01 Å². The summed E-state index contributed by atoms with van der Waals surface area (Å²) in [5, 5.41) is 2.80. The second-order valence-corrected chi connectivity index (χ2v) is 6.34. The molecule has 0 saturated carbocycles. The Hall–Kier alpha value is -0.610. The van der Waals surface area contributed by atoms with Crippen molar-refractivity contribution in [1.82, 2.24) is 9.88 Å². The molecule has 0 radical (unpaired) electrons. The van der Waals surface area contributed by atoms with Crippen LogP contribution >= 0.6 is 22.9 Å². The van der Waals surface area contributed by atoms with Crippen LogP contribution in [0.1, 0.15) is 31.0 Å². The van der Waals surface area contributed by atoms with Gasteiger partial charge in [0.15, 0.2) is 0 Å². The number of thiazole rings is 1. The second kappa shape index (κ2) is 6.02. The molecule has 2 unspecified atom stereocenters. The molecule has 1 aromatic rings. The molecule has 2 rings (SSSR count). The minimum absolute atomic E-state index is 0.198. The molecule has 1 fully saturated rings. The van der Waals surface area contributed by atoms with Crippen LogP contribution in [-0.4, -0.2) is 28.9 Å². The lowest BCUT2D eigenvalue weighted by Crippen LogP contribution is -2.42. The molecule has 18 heavy (non-hydrogen) atoms. The number of nitrogens with zero attached hydrogens (tertiary/aromatic N) is 2. The Morgan fingerprint density at radius 3 is 2.94 bits per heavy atom. The molecule has 0 spiro atoms. The maximum absolute atomic E-state index is 12.2. The van der Waals surface area contributed by atoms with Gasteiger partial charge in [0, 0.05) is 18.5 Å². The van der Waals surface area contributed by atoms with E-state index >= 15 is 0 Å². The van der Waals surface area contributed by atoms with Crippen LogP contribution in [0.2, 0.25) is 0 Å². The van der Waals surface area contributed by atoms with Crippen LogP contribution in [0.5, 0.6) is 0 Å². The average molecular weight is 287 g/mol. The highest BCUT2D eigenvalue weighted by Crippen LogP contribution is 2.23. The number of hydrogen-bond acceptors (Lipinski definition) is 3. The zero-order valence-electron chi connectivity index (χ0n) is 10.9. The van der Waals surface area contributed by atoms with E-state index in [4.69, 9.17) is 11.6 Å². The molecule has 5 heteroatoms. The number of rotatable bonds is 3. The van der Waals surface area contributed by atoms with E-state index in [9.17, 15) is 4.79 Å². The summed E-state index contributed by atoms with van der Waals surface area (Å²) in [5.74, 6) is 1.93. The first-order valence-electron chi connectivity index (χ1n) is 6.37. The highest BCUT2D eigenvalue weighted by Gasteiger charge is 2.26. The van der Waals surface area contributed by atoms with Gasteiger partial charge in [0.25, 0.3) is 0 Å². The van der Waals surface area contributed by atoms with E-state index in [1.54, 1.807) is 0 Å². The summed E-state index contributed by atoms with van der Waals surface area (Å²) >= 11 is 7.23. The lowest BCUT2D eigenvalue weighted by molar-refractivity contribution is -0.132. The third-order valence-corrected chi connectivity index (χ3v) is 4.90. The van der Waals surface area contributed by atoms with Crippen molar-refractivity contribution < 1.29 is 4.79 Å². The maximum atomic E-state index is 12.2. The Bertz CT molecular complexity index is 421. The predicted molar refractivity (Wildman–Crippen MR) is 74.9 cm³/mol. The van der Waals surface area contributed by atoms with E-state index in [-0.39, 0.29) is 5.91 Å². The lowest BCUT2D eigenvalue weighted by Gasteiger charge is -2.35. The quantitative estimate of drug-likeness (QED) is 0.801. The SMILES string of the molecule is CC1CCN(C(=O)Cc2nc(CCl)cs2)CC1C. The summed E-state index contributed by atoms with van der Waals surface area (Å²) in [4.78, 5) is 18.5. The lowest BCUT2D eigenvalue weighted by atomic mass is 9.88. The zero-order chi connectivity index (χ0) is 13.1. The highest BCUT2D eigenvalue weighted by molar-refractivity contribution is 7.09. The Morgan fingerprint density at radius 2 is 2.33 bits per heavy atom. The largest absolute Gasteiger partial charge is 0.342 e. The van der Waals surface area contributed by atoms with Crippen LogP contribution in [0, 0.1) is 11.8 Å². The first-order valence-corrected chi connectivity index (χ1v) is 7.78. The highest BCUT2D eigenvalue weighted by atomic mass is 35.5. The standard InChI is InChI=1S/C13H19ClN2OS/c1-9-3-4-16(7-10(9)2)13(17)5-12-15-11(6-14)8-18-12/h8-10H,3-7H2,1-2H3. The van der Waals surface area contributed by atoms with Crippen molar-refractivity contribution in [3.63, 3.8) is 0 Å². The van der Waals surface area contributed by atoms with Crippen molar-refractivity contribution in [2.75, 3.05) is 13.1 Å². The van der Waals surface area contributed by atoms with E-state index in [0.29, 0.717) is 18.2 Å². The fraction of sp³-hybridized carbons (Fsp3) is 0.692. The number of amides is 1. The minimum atomic E-state index is 0.198. The van der Waals surface area contributed by atoms with Crippen LogP contribution in [0.15, 0.2) is 5.38 Å². The van der Waals surface area contributed by atoms with Gasteiger partial charge in [0.05, 0.1) is 18.0 Å². The molecular weight excluding hydrogens is 268 g/mol. The van der Waals surface area contributed by atoms with Gasteiger partial charge in [-0.15, -0.1) is 22.9 Å². The summed E-state index contributed by atoms with van der Waals surface area (Å²) in [6.07, 6.45) is 1.53. The van der Waals surface area contributed by atoms with Gasteiger partial charge in [-0.25, -0.2) is 4.98 Å². The van der Waals surface area contributed by atoms with E-state index in [1.807, 2.05) is 10.3 Å². The van der Waals surface area contributed by atoms with Crippen LogP contribution < -0.4 is 0 Å². The first kappa shape index (κ1) is 13.8. The number of alkyl halides is 1. The number of aromatic nitrogens is 1. The summed E-state index contributed by atoms with van der Waals surface area (Å²) < 4.78 is 0. The number of piperidine rings is 1. The maximum Gasteiger partial charge on any atom is 0.229 e. The van der Waals surface area contributed by atoms with Crippen molar-refractivity contribution >= 4 is 28.8 Å². The number of carbonyl (C=O) groups is 1. The minimum Gasteiger partial charge on any atom is -0.342 e. The van der Waals surface area contributed by atoms with Crippen LogP contribution in [0.25, 0.3) is 0 Å². The Morgan fingerprint density at radius 1 is 1.56 bits per heavy atom. The van der Waals surface area contributed by atoms with Gasteiger partial charge >= 0.3 is 0 Å². The Labute approximate surface area is 117 Å². The molecule has 1 saturated heterocycles. The van der Waals surface area contributed by atoms with E-state index in [0.717, 1.165) is 36.1 Å². The molecule has 0 aromatic carbocycles. The molecule has 3 nitrogen and oxygen atoms in total. The molecular formula is C13H19ClN2OS. The van der Waals surface area contributed by atoms with Crippen molar-refractivity contribution in [2.45, 2.75) is 32.6 Å². The summed E-state index contributed by atoms with van der Waals surface area (Å²) in [7, 11) is 0. The third kappa shape index (κ3) is 3.23. The van der Waals surface area contributed by atoms with Crippen molar-refractivity contribution in [3.8, 4) is 0 Å². The fourth-order valence-corrected chi connectivity index (χ4v) is 3.24. The van der Waals surface area contributed by atoms with Gasteiger partial charge in [-0.1, -0.05) is 13.8 Å². The van der Waals surface area contributed by atoms with Gasteiger partial charge in [-0.2, -0.15) is 0 Å². The van der Waals surface area contributed by atoms with Crippen molar-refractivity contribution in [2.24, 2.45) is 11.8 Å². The van der Waals surface area contributed by atoms with Gasteiger partial charge in [0.2, 0.25) is 5.91 Å². The monoisotopic (exact) mass is 286 g/mol. The molecule has 0 N–H and O–H groups in total. The molecule has 100 valence electrons. The van der Waals surface area contributed by atoms with E-state index in [2.05, 4.69) is 18.8 Å². The Balaban J connectivity index is 1.91. The number of carbonyl (C=O) groups excluding carboxylic acids is 1. The van der Waals surface area contributed by atoms with Gasteiger partial charge in [-0.3, -0.25) is 4.79 Å². The van der Waals surface area contributed by atoms with Gasteiger partial charge in [-0.05, 0) is 18.3 Å². The molecule has 2 heterocycles. The fourth-order valence-electron chi connectivity index (χ4n) is 2.22. The smallest absolute Gasteiger partial charge is 0.229 e. The first-order chi connectivity index (χ1) is 8.60. The second-order valence-electron chi connectivity index (χ2n) is 5.13. The van der Waals surface area contributed by atoms with E-state index in [1.165, 1.54) is 11.3 Å². The molecule has 1 aliphatic rings. The zero-order valence-corrected chi connectivity index (χ0v) is 12.4. The van der Waals surface area contributed by atoms with Crippen molar-refractivity contribution in [3.05, 3.63) is 16.1 Å². The Kier molecular flexibility index (Phi) is 4.62. The molecule has 1 aromatic heterocycles. The molecule has 1 aliphatic heterocycles. The van der Waals surface area contributed by atoms with Crippen molar-refractivity contribution in [1.29, 1.82) is 0 Å². The average Bonchev–Trinajstić information content (AvgIpc) is 2.80. The number of halogens is 1. The molecule has 2 atom stereocenters. The number of likely N-dealkylation sites (tertiary alicyclic amines) is 1. The number of hydrogen-bond donors (Lipinski definition) is 0. The summed E-state index contributed by atoms with van der Waals surface area (Å²) in [5.41, 5.74) is 0.866. The van der Waals surface area contributed by atoms with Crippen LogP contribution in [-0.2, 0) is 17.1 Å². The van der Waals surface area contributed by atoms with Crippen LogP contribution in [0.3, 0.4) is 0 Å². The normalized spacial score (nSPS) is 24.3. The van der Waals surface area contributed by atoms with Crippen LogP contribution in [0.4, 0.5) is 0 Å². The third-order valence-electron chi connectivity index (χ3n) is 3.73. The van der Waals surface area contributed by atoms with Gasteiger partial charge < -0.3 is 4.90 Å². The van der Waals surface area contributed by atoms with E-state index < -0.39 is 0 Å². The molecule has 0 bridgehead atoms. The summed E-state index contributed by atoms with van der Waals surface area (Å²) in [6, 6.07) is 0. The topological polar surface area (TPSA) is 33.2 Å². The summed E-state index contributed by atoms with van der Waals surface area (Å²) in [6.45, 7) is 6.25. The predicted octanol–water partition coefficient (Wildman–Crippen LogP) is 2.93. The molecule has 1 amide bonds. The molecule has 0 aliphatic carbocycles.